The van der Waals surface area contributed by atoms with Crippen molar-refractivity contribution in [1.29, 1.82) is 0 Å². The van der Waals surface area contributed by atoms with Crippen LogP contribution < -0.4 is 10.8 Å². The highest BCUT2D eigenvalue weighted by atomic mass is 16.7. The summed E-state index contributed by atoms with van der Waals surface area (Å²) in [6, 6.07) is 1.26. The first-order chi connectivity index (χ1) is 8.06. The van der Waals surface area contributed by atoms with Gasteiger partial charge in [-0.1, -0.05) is 12.8 Å². The predicted octanol–water partition coefficient (Wildman–Crippen LogP) is 2.62. The molecule has 3 heteroatoms. The molecule has 17 heavy (non-hydrogen) atoms. The van der Waals surface area contributed by atoms with Crippen LogP contribution in [0.1, 0.15) is 59.3 Å². The van der Waals surface area contributed by atoms with Gasteiger partial charge >= 0.3 is 0 Å². The van der Waals surface area contributed by atoms with Crippen molar-refractivity contribution < 1.29 is 4.84 Å². The Balaban J connectivity index is 1.83. The van der Waals surface area contributed by atoms with Gasteiger partial charge in [0.2, 0.25) is 0 Å². The van der Waals surface area contributed by atoms with E-state index in [9.17, 15) is 0 Å². The molecule has 0 amide bonds. The van der Waals surface area contributed by atoms with Crippen molar-refractivity contribution in [2.45, 2.75) is 77.0 Å². The monoisotopic (exact) mass is 240 g/mol. The van der Waals surface area contributed by atoms with Crippen LogP contribution in [-0.4, -0.2) is 24.2 Å². The lowest BCUT2D eigenvalue weighted by Gasteiger charge is -2.34. The van der Waals surface area contributed by atoms with E-state index in [4.69, 9.17) is 4.84 Å². The van der Waals surface area contributed by atoms with E-state index >= 15 is 0 Å². The molecule has 3 nitrogen and oxygen atoms in total. The van der Waals surface area contributed by atoms with Crippen molar-refractivity contribution in [3.8, 4) is 0 Å². The Bertz CT molecular complexity index is 231. The molecular weight excluding hydrogens is 212 g/mol. The summed E-state index contributed by atoms with van der Waals surface area (Å²) in [5, 5.41) is 3.69. The fraction of sp³-hybridized carbons (Fsp3) is 1.00. The standard InChI is InChI=1S/C14H28N2O/c1-14(2,3)17-16-13-9-6-7-11(13)12-8-4-5-10-15-12/h11-13,15-16H,4-10H2,1-3H3. The second-order valence-electron chi connectivity index (χ2n) is 6.59. The average molecular weight is 240 g/mol. The van der Waals surface area contributed by atoms with Crippen molar-refractivity contribution in [2.75, 3.05) is 6.54 Å². The molecule has 2 N–H and O–H groups in total. The summed E-state index contributed by atoms with van der Waals surface area (Å²) in [6.07, 6.45) is 8.04. The maximum atomic E-state index is 5.76. The van der Waals surface area contributed by atoms with Crippen LogP contribution in [0.25, 0.3) is 0 Å². The summed E-state index contributed by atoms with van der Waals surface area (Å²) >= 11 is 0. The fourth-order valence-electron chi connectivity index (χ4n) is 3.11. The van der Waals surface area contributed by atoms with Gasteiger partial charge in [0.25, 0.3) is 0 Å². The summed E-state index contributed by atoms with van der Waals surface area (Å²) in [6.45, 7) is 7.50. The Labute approximate surface area is 106 Å². The van der Waals surface area contributed by atoms with Gasteiger partial charge in [-0.25, -0.2) is 0 Å². The van der Waals surface area contributed by atoms with Crippen LogP contribution in [0.2, 0.25) is 0 Å². The second-order valence-corrected chi connectivity index (χ2v) is 6.59. The molecule has 2 aliphatic rings. The van der Waals surface area contributed by atoms with E-state index in [-0.39, 0.29) is 5.60 Å². The van der Waals surface area contributed by atoms with E-state index < -0.39 is 0 Å². The molecule has 0 aromatic carbocycles. The van der Waals surface area contributed by atoms with Gasteiger partial charge < -0.3 is 5.32 Å². The minimum Gasteiger partial charge on any atom is -0.314 e. The number of hydrogen-bond acceptors (Lipinski definition) is 3. The van der Waals surface area contributed by atoms with Gasteiger partial charge in [-0.15, -0.1) is 0 Å². The molecule has 0 aromatic rings. The summed E-state index contributed by atoms with van der Waals surface area (Å²) in [5.74, 6) is 0.762. The Kier molecular flexibility index (Phi) is 4.45. The first-order valence-electron chi connectivity index (χ1n) is 7.23. The molecule has 3 unspecified atom stereocenters. The van der Waals surface area contributed by atoms with E-state index in [1.807, 2.05) is 0 Å². The lowest BCUT2D eigenvalue weighted by atomic mass is 9.88. The zero-order chi connectivity index (χ0) is 12.3. The second kappa shape index (κ2) is 5.68. The highest BCUT2D eigenvalue weighted by Crippen LogP contribution is 2.32. The van der Waals surface area contributed by atoms with Gasteiger partial charge in [-0.2, -0.15) is 5.48 Å². The average Bonchev–Trinajstić information content (AvgIpc) is 2.75. The van der Waals surface area contributed by atoms with Gasteiger partial charge in [-0.3, -0.25) is 4.84 Å². The van der Waals surface area contributed by atoms with Gasteiger partial charge in [0.05, 0.1) is 5.60 Å². The summed E-state index contributed by atoms with van der Waals surface area (Å²) in [4.78, 5) is 5.76. The van der Waals surface area contributed by atoms with E-state index in [0.29, 0.717) is 12.1 Å². The van der Waals surface area contributed by atoms with E-state index in [0.717, 1.165) is 5.92 Å². The normalized spacial score (nSPS) is 35.1. The molecule has 1 aliphatic carbocycles. The zero-order valence-corrected chi connectivity index (χ0v) is 11.6. The lowest BCUT2D eigenvalue weighted by molar-refractivity contribution is -0.0952. The van der Waals surface area contributed by atoms with Crippen molar-refractivity contribution >= 4 is 0 Å². The van der Waals surface area contributed by atoms with Gasteiger partial charge in [-0.05, 0) is 58.9 Å². The summed E-state index contributed by atoms with van der Waals surface area (Å²) in [5.41, 5.74) is 3.24. The van der Waals surface area contributed by atoms with Crippen molar-refractivity contribution in [3.63, 3.8) is 0 Å². The Hall–Kier alpha value is -0.120. The van der Waals surface area contributed by atoms with Crippen LogP contribution in [0.5, 0.6) is 0 Å². The molecule has 2 fully saturated rings. The van der Waals surface area contributed by atoms with Crippen LogP contribution in [0.3, 0.4) is 0 Å². The highest BCUT2D eigenvalue weighted by Gasteiger charge is 2.34. The first kappa shape index (κ1) is 13.3. The Morgan fingerprint density at radius 2 is 1.88 bits per heavy atom. The van der Waals surface area contributed by atoms with Crippen LogP contribution in [0, 0.1) is 5.92 Å². The molecule has 1 saturated heterocycles. The SMILES string of the molecule is CC(C)(C)ONC1CCCC1C1CCCCN1. The fourth-order valence-corrected chi connectivity index (χ4v) is 3.11. The van der Waals surface area contributed by atoms with Crippen LogP contribution >= 0.6 is 0 Å². The lowest BCUT2D eigenvalue weighted by Crippen LogP contribution is -2.48. The summed E-state index contributed by atoms with van der Waals surface area (Å²) in [7, 11) is 0. The molecular formula is C14H28N2O. The van der Waals surface area contributed by atoms with Gasteiger partial charge in [0, 0.05) is 12.1 Å². The van der Waals surface area contributed by atoms with Crippen molar-refractivity contribution in [2.24, 2.45) is 5.92 Å². The summed E-state index contributed by atoms with van der Waals surface area (Å²) < 4.78 is 0. The maximum absolute atomic E-state index is 5.76. The van der Waals surface area contributed by atoms with Crippen molar-refractivity contribution in [3.05, 3.63) is 0 Å². The number of hydrogen-bond donors (Lipinski definition) is 2. The van der Waals surface area contributed by atoms with Crippen LogP contribution in [0.4, 0.5) is 0 Å². The largest absolute Gasteiger partial charge is 0.314 e. The third-order valence-electron chi connectivity index (χ3n) is 3.95. The van der Waals surface area contributed by atoms with E-state index in [2.05, 4.69) is 31.6 Å². The molecule has 3 atom stereocenters. The third kappa shape index (κ3) is 3.94. The van der Waals surface area contributed by atoms with Crippen LogP contribution in [0.15, 0.2) is 0 Å². The minimum atomic E-state index is -0.0901. The van der Waals surface area contributed by atoms with Crippen LogP contribution in [-0.2, 0) is 4.84 Å². The Morgan fingerprint density at radius 1 is 1.06 bits per heavy atom. The molecule has 0 aromatic heterocycles. The zero-order valence-electron chi connectivity index (χ0n) is 11.6. The highest BCUT2D eigenvalue weighted by molar-refractivity contribution is 4.91. The quantitative estimate of drug-likeness (QED) is 0.744. The molecule has 1 saturated carbocycles. The first-order valence-corrected chi connectivity index (χ1v) is 7.23. The smallest absolute Gasteiger partial charge is 0.0813 e. The van der Waals surface area contributed by atoms with Gasteiger partial charge in [0.1, 0.15) is 0 Å². The molecule has 2 rings (SSSR count). The van der Waals surface area contributed by atoms with E-state index in [1.54, 1.807) is 0 Å². The number of hydroxylamine groups is 1. The molecule has 0 radical (unpaired) electrons. The van der Waals surface area contributed by atoms with Gasteiger partial charge in [0.15, 0.2) is 0 Å². The third-order valence-corrected chi connectivity index (χ3v) is 3.95. The topological polar surface area (TPSA) is 33.3 Å². The number of nitrogens with one attached hydrogen (secondary N) is 2. The molecule has 0 bridgehead atoms. The van der Waals surface area contributed by atoms with Crippen molar-refractivity contribution in [1.82, 2.24) is 10.8 Å². The molecule has 1 heterocycles. The maximum Gasteiger partial charge on any atom is 0.0813 e. The Morgan fingerprint density at radius 3 is 2.53 bits per heavy atom. The number of rotatable bonds is 3. The molecule has 0 spiro atoms. The predicted molar refractivity (Wildman–Crippen MR) is 70.7 cm³/mol. The molecule has 1 aliphatic heterocycles. The number of piperidine rings is 1. The molecule has 100 valence electrons. The van der Waals surface area contributed by atoms with E-state index in [1.165, 1.54) is 45.1 Å². The minimum absolute atomic E-state index is 0.0901.